The zero-order valence-electron chi connectivity index (χ0n) is 12.0. The fourth-order valence-corrected chi connectivity index (χ4v) is 3.33. The van der Waals surface area contributed by atoms with Crippen LogP contribution in [0.3, 0.4) is 0 Å². The fraction of sp³-hybridized carbons (Fsp3) is 0.538. The molecule has 1 unspecified atom stereocenters. The number of hydrogen-bond acceptors (Lipinski definition) is 5. The summed E-state index contributed by atoms with van der Waals surface area (Å²) in [7, 11) is -2.06. The fourth-order valence-electron chi connectivity index (χ4n) is 1.49. The first-order valence-electron chi connectivity index (χ1n) is 6.22. The first kappa shape index (κ1) is 17.5. The third kappa shape index (κ3) is 5.80. The Morgan fingerprint density at radius 2 is 1.95 bits per heavy atom. The van der Waals surface area contributed by atoms with Crippen LogP contribution in [-0.4, -0.2) is 44.8 Å². The predicted molar refractivity (Wildman–Crippen MR) is 81.7 cm³/mol. The highest BCUT2D eigenvalue weighted by Gasteiger charge is 2.25. The summed E-state index contributed by atoms with van der Waals surface area (Å²) in [6, 6.07) is 9.05. The highest BCUT2D eigenvalue weighted by atomic mass is 32.2. The van der Waals surface area contributed by atoms with E-state index in [-0.39, 0.29) is 5.75 Å². The topological polar surface area (TPSA) is 55.8 Å². The molecule has 0 saturated carbocycles. The zero-order chi connectivity index (χ0) is 15.0. The quantitative estimate of drug-likeness (QED) is 0.515. The summed E-state index contributed by atoms with van der Waals surface area (Å²) in [5.41, 5.74) is 0.732. The van der Waals surface area contributed by atoms with E-state index in [1.165, 1.54) is 7.11 Å². The number of hydrogen-bond donors (Lipinski definition) is 0. The summed E-state index contributed by atoms with van der Waals surface area (Å²) in [6.45, 7) is 1.95. The molecular weight excluding hydrogens is 298 g/mol. The zero-order valence-corrected chi connectivity index (χ0v) is 13.6. The molecule has 1 atom stereocenters. The second-order valence-corrected chi connectivity index (χ2v) is 7.02. The van der Waals surface area contributed by atoms with Crippen molar-refractivity contribution in [1.82, 2.24) is 4.47 Å². The van der Waals surface area contributed by atoms with Crippen LogP contribution >= 0.6 is 11.8 Å². The molecule has 0 aliphatic rings. The number of ether oxygens (including phenoxy) is 1. The molecule has 0 radical (unpaired) electrons. The molecule has 0 N–H and O–H groups in total. The molecule has 7 heteroatoms. The van der Waals surface area contributed by atoms with Crippen molar-refractivity contribution < 1.29 is 18.0 Å². The second kappa shape index (κ2) is 8.63. The lowest BCUT2D eigenvalue weighted by molar-refractivity contribution is -0.219. The van der Waals surface area contributed by atoms with Gasteiger partial charge in [0.05, 0.1) is 5.75 Å². The highest BCUT2D eigenvalue weighted by Crippen LogP contribution is 2.14. The van der Waals surface area contributed by atoms with Gasteiger partial charge in [0.2, 0.25) is 10.0 Å². The maximum Gasteiger partial charge on any atom is 0.240 e. The number of benzene rings is 1. The second-order valence-electron chi connectivity index (χ2n) is 4.17. The van der Waals surface area contributed by atoms with E-state index in [2.05, 4.69) is 0 Å². The van der Waals surface area contributed by atoms with E-state index in [1.807, 2.05) is 24.5 Å². The van der Waals surface area contributed by atoms with E-state index >= 15 is 0 Å². The molecule has 0 aliphatic heterocycles. The van der Waals surface area contributed by atoms with E-state index in [0.29, 0.717) is 12.3 Å². The van der Waals surface area contributed by atoms with Gasteiger partial charge < -0.3 is 4.74 Å². The van der Waals surface area contributed by atoms with Crippen molar-refractivity contribution in [3.05, 3.63) is 35.9 Å². The average molecular weight is 319 g/mol. The van der Waals surface area contributed by atoms with Crippen molar-refractivity contribution in [3.8, 4) is 0 Å². The minimum absolute atomic E-state index is 0.0847. The molecular formula is C13H21NO4S2. The van der Waals surface area contributed by atoms with Gasteiger partial charge in [-0.1, -0.05) is 34.8 Å². The summed E-state index contributed by atoms with van der Waals surface area (Å²) in [5, 5.41) is 0. The van der Waals surface area contributed by atoms with Crippen LogP contribution in [0.15, 0.2) is 30.3 Å². The SMILES string of the molecule is COC(C)ON(CCSC)S(=O)(=O)Cc1ccccc1. The lowest BCUT2D eigenvalue weighted by atomic mass is 10.2. The van der Waals surface area contributed by atoms with Crippen LogP contribution in [0.25, 0.3) is 0 Å². The summed E-state index contributed by atoms with van der Waals surface area (Å²) < 4.78 is 30.8. The summed E-state index contributed by atoms with van der Waals surface area (Å²) in [4.78, 5) is 5.35. The van der Waals surface area contributed by atoms with Crippen LogP contribution in [0, 0.1) is 0 Å². The molecule has 5 nitrogen and oxygen atoms in total. The molecule has 0 saturated heterocycles. The molecule has 114 valence electrons. The van der Waals surface area contributed by atoms with Crippen LogP contribution in [-0.2, 0) is 25.4 Å². The minimum atomic E-state index is -3.54. The van der Waals surface area contributed by atoms with Gasteiger partial charge >= 0.3 is 0 Å². The van der Waals surface area contributed by atoms with E-state index in [0.717, 1.165) is 10.0 Å². The number of thioether (sulfide) groups is 1. The lowest BCUT2D eigenvalue weighted by Crippen LogP contribution is -2.37. The Morgan fingerprint density at radius 1 is 1.30 bits per heavy atom. The molecule has 1 rings (SSSR count). The molecule has 20 heavy (non-hydrogen) atoms. The molecule has 1 aromatic rings. The van der Waals surface area contributed by atoms with Crippen LogP contribution in [0.1, 0.15) is 12.5 Å². The van der Waals surface area contributed by atoms with E-state index < -0.39 is 16.3 Å². The maximum absolute atomic E-state index is 12.4. The Balaban J connectivity index is 2.81. The van der Waals surface area contributed by atoms with Crippen LogP contribution in [0.5, 0.6) is 0 Å². The first-order chi connectivity index (χ1) is 9.49. The molecule has 0 bridgehead atoms. The van der Waals surface area contributed by atoms with Gasteiger partial charge in [-0.15, -0.1) is 0 Å². The van der Waals surface area contributed by atoms with Gasteiger partial charge in [0.15, 0.2) is 6.29 Å². The van der Waals surface area contributed by atoms with Gasteiger partial charge in [-0.05, 0) is 18.7 Å². The van der Waals surface area contributed by atoms with Crippen molar-refractivity contribution in [1.29, 1.82) is 0 Å². The van der Waals surface area contributed by atoms with Crippen molar-refractivity contribution in [3.63, 3.8) is 0 Å². The van der Waals surface area contributed by atoms with Crippen molar-refractivity contribution >= 4 is 21.8 Å². The van der Waals surface area contributed by atoms with Gasteiger partial charge in [-0.3, -0.25) is 4.84 Å². The summed E-state index contributed by atoms with van der Waals surface area (Å²) >= 11 is 1.56. The Kier molecular flexibility index (Phi) is 7.53. The van der Waals surface area contributed by atoms with E-state index in [9.17, 15) is 8.42 Å². The minimum Gasteiger partial charge on any atom is -0.354 e. The Labute approximate surface area is 125 Å². The third-order valence-corrected chi connectivity index (χ3v) is 4.76. The predicted octanol–water partition coefficient (Wildman–Crippen LogP) is 2.11. The first-order valence-corrected chi connectivity index (χ1v) is 9.22. The van der Waals surface area contributed by atoms with Gasteiger partial charge in [-0.2, -0.15) is 11.8 Å². The molecule has 0 aromatic heterocycles. The Hall–Kier alpha value is -0.600. The monoisotopic (exact) mass is 319 g/mol. The van der Waals surface area contributed by atoms with Crippen LogP contribution in [0.4, 0.5) is 0 Å². The van der Waals surface area contributed by atoms with E-state index in [1.54, 1.807) is 30.8 Å². The van der Waals surface area contributed by atoms with Gasteiger partial charge in [0.25, 0.3) is 0 Å². The largest absolute Gasteiger partial charge is 0.354 e. The summed E-state index contributed by atoms with van der Waals surface area (Å²) in [6.07, 6.45) is 1.31. The number of hydroxylamine groups is 1. The van der Waals surface area contributed by atoms with Crippen LogP contribution in [0.2, 0.25) is 0 Å². The number of methoxy groups -OCH3 is 1. The third-order valence-electron chi connectivity index (χ3n) is 2.58. The maximum atomic E-state index is 12.4. The average Bonchev–Trinajstić information content (AvgIpc) is 2.43. The standard InChI is InChI=1S/C13H21NO4S2/c1-12(17-2)18-14(9-10-19-3)20(15,16)11-13-7-5-4-6-8-13/h4-8,12H,9-11H2,1-3H3. The number of nitrogens with zero attached hydrogens (tertiary/aromatic N) is 1. The van der Waals surface area contributed by atoms with Crippen LogP contribution < -0.4 is 0 Å². The van der Waals surface area contributed by atoms with Crippen molar-refractivity contribution in [2.45, 2.75) is 19.0 Å². The molecule has 0 aliphatic carbocycles. The molecule has 0 spiro atoms. The number of rotatable bonds is 9. The van der Waals surface area contributed by atoms with Gasteiger partial charge in [0.1, 0.15) is 0 Å². The lowest BCUT2D eigenvalue weighted by Gasteiger charge is -2.24. The van der Waals surface area contributed by atoms with E-state index in [4.69, 9.17) is 9.57 Å². The Morgan fingerprint density at radius 3 is 2.50 bits per heavy atom. The van der Waals surface area contributed by atoms with Crippen molar-refractivity contribution in [2.24, 2.45) is 0 Å². The molecule has 0 heterocycles. The smallest absolute Gasteiger partial charge is 0.240 e. The van der Waals surface area contributed by atoms with Crippen molar-refractivity contribution in [2.75, 3.05) is 25.7 Å². The Bertz CT molecular complexity index is 478. The van der Waals surface area contributed by atoms with Gasteiger partial charge in [-0.25, -0.2) is 8.42 Å². The molecule has 1 aromatic carbocycles. The van der Waals surface area contributed by atoms with Gasteiger partial charge in [0, 0.05) is 19.4 Å². The highest BCUT2D eigenvalue weighted by molar-refractivity contribution is 7.98. The molecule has 0 amide bonds. The normalized spacial score (nSPS) is 13.6. The summed E-state index contributed by atoms with van der Waals surface area (Å²) in [5.74, 6) is 0.573. The molecule has 0 fully saturated rings. The number of sulfonamides is 1.